The number of nitrogens with two attached hydrogens (primary N) is 1. The predicted octanol–water partition coefficient (Wildman–Crippen LogP) is 1.92. The topological polar surface area (TPSA) is 81.9 Å². The molecule has 4 nitrogen and oxygen atoms in total. The summed E-state index contributed by atoms with van der Waals surface area (Å²) in [5.74, 6) is 0.386. The number of rotatable bonds is 2. The number of hydrogen-bond donors (Lipinski definition) is 2. The normalized spacial score (nSPS) is 10.5. The molecular formula is C13H15N3O. The lowest BCUT2D eigenvalue weighted by atomic mass is 10.3. The van der Waals surface area contributed by atoms with Gasteiger partial charge in [-0.2, -0.15) is 0 Å². The SMILES string of the molecule is NC(=Nc1ccccc1)Nc1ccccc1.O. The van der Waals surface area contributed by atoms with Gasteiger partial charge in [0.1, 0.15) is 0 Å². The Morgan fingerprint density at radius 2 is 1.41 bits per heavy atom. The van der Waals surface area contributed by atoms with E-state index in [4.69, 9.17) is 5.73 Å². The van der Waals surface area contributed by atoms with Gasteiger partial charge in [0, 0.05) is 5.69 Å². The van der Waals surface area contributed by atoms with E-state index in [1.54, 1.807) is 0 Å². The number of anilines is 1. The van der Waals surface area contributed by atoms with Gasteiger partial charge in [-0.1, -0.05) is 36.4 Å². The van der Waals surface area contributed by atoms with Crippen LogP contribution in [0.25, 0.3) is 0 Å². The zero-order valence-corrected chi connectivity index (χ0v) is 9.30. The molecule has 0 heterocycles. The number of guanidine groups is 1. The monoisotopic (exact) mass is 229 g/mol. The molecule has 0 unspecified atom stereocenters. The van der Waals surface area contributed by atoms with E-state index in [1.165, 1.54) is 0 Å². The third-order valence-corrected chi connectivity index (χ3v) is 2.05. The Morgan fingerprint density at radius 3 is 2.00 bits per heavy atom. The first-order valence-corrected chi connectivity index (χ1v) is 5.06. The van der Waals surface area contributed by atoms with Crippen molar-refractivity contribution in [2.45, 2.75) is 0 Å². The van der Waals surface area contributed by atoms with Crippen molar-refractivity contribution in [1.29, 1.82) is 0 Å². The summed E-state index contributed by atoms with van der Waals surface area (Å²) in [7, 11) is 0. The van der Waals surface area contributed by atoms with Crippen molar-refractivity contribution in [3.63, 3.8) is 0 Å². The third kappa shape index (κ3) is 3.96. The van der Waals surface area contributed by atoms with Gasteiger partial charge in [-0.05, 0) is 24.3 Å². The minimum absolute atomic E-state index is 0. The number of nitrogens with one attached hydrogen (secondary N) is 1. The van der Waals surface area contributed by atoms with Gasteiger partial charge in [0.2, 0.25) is 0 Å². The van der Waals surface area contributed by atoms with Crippen LogP contribution in [-0.4, -0.2) is 11.4 Å². The lowest BCUT2D eigenvalue weighted by Gasteiger charge is -2.04. The summed E-state index contributed by atoms with van der Waals surface area (Å²) >= 11 is 0. The second kappa shape index (κ2) is 6.30. The first-order valence-electron chi connectivity index (χ1n) is 5.06. The first kappa shape index (κ1) is 12.7. The van der Waals surface area contributed by atoms with Crippen LogP contribution in [0.1, 0.15) is 0 Å². The van der Waals surface area contributed by atoms with Crippen LogP contribution in [-0.2, 0) is 0 Å². The van der Waals surface area contributed by atoms with Crippen molar-refractivity contribution in [3.8, 4) is 0 Å². The van der Waals surface area contributed by atoms with Crippen LogP contribution in [0.15, 0.2) is 65.7 Å². The summed E-state index contributed by atoms with van der Waals surface area (Å²) in [6, 6.07) is 19.3. The maximum Gasteiger partial charge on any atom is 0.198 e. The van der Waals surface area contributed by atoms with E-state index in [-0.39, 0.29) is 5.48 Å². The lowest BCUT2D eigenvalue weighted by molar-refractivity contribution is 0.824. The number of aliphatic imine (C=N–C) groups is 1. The molecule has 0 fully saturated rings. The molecular weight excluding hydrogens is 214 g/mol. The van der Waals surface area contributed by atoms with Gasteiger partial charge in [0.15, 0.2) is 5.96 Å². The molecule has 2 aromatic carbocycles. The highest BCUT2D eigenvalue weighted by Gasteiger charge is 1.93. The molecule has 0 bridgehead atoms. The number of hydrogen-bond acceptors (Lipinski definition) is 1. The third-order valence-electron chi connectivity index (χ3n) is 2.05. The van der Waals surface area contributed by atoms with Gasteiger partial charge in [0.05, 0.1) is 5.69 Å². The molecule has 88 valence electrons. The van der Waals surface area contributed by atoms with Crippen LogP contribution in [0.3, 0.4) is 0 Å². The fraction of sp³-hybridized carbons (Fsp3) is 0. The highest BCUT2D eigenvalue weighted by molar-refractivity contribution is 5.93. The van der Waals surface area contributed by atoms with E-state index in [1.807, 2.05) is 60.7 Å². The molecule has 0 aliphatic heterocycles. The molecule has 0 aromatic heterocycles. The summed E-state index contributed by atoms with van der Waals surface area (Å²) < 4.78 is 0. The van der Waals surface area contributed by atoms with Crippen molar-refractivity contribution < 1.29 is 5.48 Å². The van der Waals surface area contributed by atoms with Crippen LogP contribution in [0.2, 0.25) is 0 Å². The molecule has 2 rings (SSSR count). The van der Waals surface area contributed by atoms with Crippen molar-refractivity contribution in [2.75, 3.05) is 5.32 Å². The van der Waals surface area contributed by atoms with Crippen molar-refractivity contribution >= 4 is 17.3 Å². The molecule has 0 amide bonds. The van der Waals surface area contributed by atoms with Gasteiger partial charge in [0.25, 0.3) is 0 Å². The summed E-state index contributed by atoms with van der Waals surface area (Å²) in [6.07, 6.45) is 0. The Morgan fingerprint density at radius 1 is 0.882 bits per heavy atom. The number of benzene rings is 2. The van der Waals surface area contributed by atoms with Gasteiger partial charge in [-0.25, -0.2) is 4.99 Å². The predicted molar refractivity (Wildman–Crippen MR) is 71.4 cm³/mol. The Balaban J connectivity index is 0.00000144. The minimum atomic E-state index is 0. The minimum Gasteiger partial charge on any atom is -0.412 e. The average Bonchev–Trinajstić information content (AvgIpc) is 2.31. The zero-order valence-electron chi connectivity index (χ0n) is 9.30. The van der Waals surface area contributed by atoms with Crippen LogP contribution in [0, 0.1) is 0 Å². The van der Waals surface area contributed by atoms with Gasteiger partial charge >= 0.3 is 0 Å². The Hall–Kier alpha value is -2.33. The van der Waals surface area contributed by atoms with Crippen molar-refractivity contribution in [1.82, 2.24) is 0 Å². The first-order chi connectivity index (χ1) is 7.84. The molecule has 4 heteroatoms. The van der Waals surface area contributed by atoms with Crippen LogP contribution in [0.5, 0.6) is 0 Å². The average molecular weight is 229 g/mol. The van der Waals surface area contributed by atoms with E-state index in [0.717, 1.165) is 11.4 Å². The number of para-hydroxylation sites is 2. The molecule has 2 aromatic rings. The molecule has 0 radical (unpaired) electrons. The standard InChI is InChI=1S/C13H13N3.H2O/c14-13(15-11-7-3-1-4-8-11)16-12-9-5-2-6-10-12;/h1-10H,(H3,14,15,16);1H2. The van der Waals surface area contributed by atoms with Gasteiger partial charge < -0.3 is 16.5 Å². The van der Waals surface area contributed by atoms with E-state index in [9.17, 15) is 0 Å². The molecule has 17 heavy (non-hydrogen) atoms. The highest BCUT2D eigenvalue weighted by Crippen LogP contribution is 2.10. The lowest BCUT2D eigenvalue weighted by Crippen LogP contribution is -2.21. The molecule has 0 spiro atoms. The fourth-order valence-electron chi connectivity index (χ4n) is 1.34. The van der Waals surface area contributed by atoms with E-state index < -0.39 is 0 Å². The second-order valence-electron chi connectivity index (χ2n) is 3.32. The van der Waals surface area contributed by atoms with Gasteiger partial charge in [-0.3, -0.25) is 0 Å². The van der Waals surface area contributed by atoms with Crippen LogP contribution >= 0.6 is 0 Å². The van der Waals surface area contributed by atoms with Crippen LogP contribution in [0.4, 0.5) is 11.4 Å². The molecule has 0 aliphatic rings. The maximum atomic E-state index is 5.78. The van der Waals surface area contributed by atoms with Crippen molar-refractivity contribution in [3.05, 3.63) is 60.7 Å². The summed E-state index contributed by atoms with van der Waals surface area (Å²) in [5, 5.41) is 3.02. The highest BCUT2D eigenvalue weighted by atomic mass is 16.0. The summed E-state index contributed by atoms with van der Waals surface area (Å²) in [4.78, 5) is 4.24. The molecule has 0 saturated carbocycles. The second-order valence-corrected chi connectivity index (χ2v) is 3.32. The molecule has 5 N–H and O–H groups in total. The summed E-state index contributed by atoms with van der Waals surface area (Å²) in [5.41, 5.74) is 7.54. The molecule has 0 saturated heterocycles. The van der Waals surface area contributed by atoms with E-state index in [0.29, 0.717) is 5.96 Å². The van der Waals surface area contributed by atoms with Crippen LogP contribution < -0.4 is 11.1 Å². The largest absolute Gasteiger partial charge is 0.412 e. The van der Waals surface area contributed by atoms with Gasteiger partial charge in [-0.15, -0.1) is 0 Å². The smallest absolute Gasteiger partial charge is 0.198 e. The molecule has 0 aliphatic carbocycles. The summed E-state index contributed by atoms with van der Waals surface area (Å²) in [6.45, 7) is 0. The zero-order chi connectivity index (χ0) is 11.2. The maximum absolute atomic E-state index is 5.78. The Labute approximate surface area is 100 Å². The quantitative estimate of drug-likeness (QED) is 0.609. The Bertz CT molecular complexity index is 469. The number of nitrogens with zero attached hydrogens (tertiary/aromatic N) is 1. The van der Waals surface area contributed by atoms with E-state index in [2.05, 4.69) is 10.3 Å². The fourth-order valence-corrected chi connectivity index (χ4v) is 1.34. The Kier molecular flexibility index (Phi) is 4.72. The van der Waals surface area contributed by atoms with Crippen molar-refractivity contribution in [2.24, 2.45) is 10.7 Å². The molecule has 0 atom stereocenters. The van der Waals surface area contributed by atoms with E-state index >= 15 is 0 Å².